The Bertz CT molecular complexity index is 944. The second-order valence-electron chi connectivity index (χ2n) is 8.25. The van der Waals surface area contributed by atoms with Crippen LogP contribution in [0.5, 0.6) is 0 Å². The van der Waals surface area contributed by atoms with E-state index in [1.165, 1.54) is 4.31 Å². The summed E-state index contributed by atoms with van der Waals surface area (Å²) in [6, 6.07) is 14.6. The van der Waals surface area contributed by atoms with Gasteiger partial charge in [0.1, 0.15) is 0 Å². The maximum absolute atomic E-state index is 13.1. The Morgan fingerprint density at radius 3 is 2.43 bits per heavy atom. The lowest BCUT2D eigenvalue weighted by atomic mass is 10.0. The molecule has 1 aliphatic rings. The Morgan fingerprint density at radius 1 is 1.07 bits per heavy atom. The summed E-state index contributed by atoms with van der Waals surface area (Å²) in [5.74, 6) is -0.00544. The Labute approximate surface area is 167 Å². The van der Waals surface area contributed by atoms with E-state index < -0.39 is 10.0 Å². The van der Waals surface area contributed by atoms with Gasteiger partial charge in [0, 0.05) is 18.5 Å². The molecule has 0 atom stereocenters. The van der Waals surface area contributed by atoms with Gasteiger partial charge in [-0.1, -0.05) is 30.3 Å². The Kier molecular flexibility index (Phi) is 5.79. The van der Waals surface area contributed by atoms with Crippen molar-refractivity contribution in [1.82, 2.24) is 5.32 Å². The molecule has 2 aromatic rings. The molecule has 0 unspecified atom stereocenters. The van der Waals surface area contributed by atoms with Gasteiger partial charge in [0.2, 0.25) is 5.91 Å². The summed E-state index contributed by atoms with van der Waals surface area (Å²) in [6.45, 7) is 6.34. The minimum atomic E-state index is -3.59. The first-order chi connectivity index (χ1) is 13.2. The molecule has 1 aliphatic heterocycles. The second-order valence-corrected chi connectivity index (χ2v) is 10.1. The first-order valence-corrected chi connectivity index (χ1v) is 11.1. The van der Waals surface area contributed by atoms with E-state index in [0.29, 0.717) is 19.4 Å². The lowest BCUT2D eigenvalue weighted by Crippen LogP contribution is -2.40. The van der Waals surface area contributed by atoms with Crippen LogP contribution in [-0.4, -0.2) is 26.4 Å². The van der Waals surface area contributed by atoms with Crippen LogP contribution >= 0.6 is 0 Å². The van der Waals surface area contributed by atoms with E-state index in [1.54, 1.807) is 24.3 Å². The average molecular weight is 401 g/mol. The maximum atomic E-state index is 13.1. The molecule has 2 aromatic carbocycles. The molecule has 0 fully saturated rings. The summed E-state index contributed by atoms with van der Waals surface area (Å²) < 4.78 is 27.8. The molecule has 150 valence electrons. The number of carbonyl (C=O) groups excluding carboxylic acids is 1. The van der Waals surface area contributed by atoms with Crippen LogP contribution in [0.1, 0.15) is 44.7 Å². The van der Waals surface area contributed by atoms with Crippen molar-refractivity contribution >= 4 is 21.6 Å². The molecule has 5 nitrogen and oxygen atoms in total. The number of amides is 1. The minimum absolute atomic E-state index is 0.00544. The van der Waals surface area contributed by atoms with Gasteiger partial charge >= 0.3 is 0 Å². The molecule has 1 amide bonds. The van der Waals surface area contributed by atoms with Gasteiger partial charge in [0.15, 0.2) is 0 Å². The van der Waals surface area contributed by atoms with Crippen molar-refractivity contribution in [3.05, 3.63) is 59.7 Å². The SMILES string of the molecule is CC(C)(C)NC(=O)CCc1ccc(S(=O)(=O)N2CCCc3ccccc32)cc1. The van der Waals surface area contributed by atoms with Crippen LogP contribution in [0.4, 0.5) is 5.69 Å². The van der Waals surface area contributed by atoms with Crippen LogP contribution < -0.4 is 9.62 Å². The minimum Gasteiger partial charge on any atom is -0.351 e. The van der Waals surface area contributed by atoms with Gasteiger partial charge in [-0.3, -0.25) is 9.10 Å². The third-order valence-electron chi connectivity index (χ3n) is 4.73. The van der Waals surface area contributed by atoms with Crippen molar-refractivity contribution in [2.75, 3.05) is 10.8 Å². The highest BCUT2D eigenvalue weighted by molar-refractivity contribution is 7.92. The molecule has 6 heteroatoms. The van der Waals surface area contributed by atoms with Crippen molar-refractivity contribution in [1.29, 1.82) is 0 Å². The molecule has 1 heterocycles. The molecule has 3 rings (SSSR count). The van der Waals surface area contributed by atoms with Crippen LogP contribution in [-0.2, 0) is 27.7 Å². The summed E-state index contributed by atoms with van der Waals surface area (Å²) in [5.41, 5.74) is 2.54. The summed E-state index contributed by atoms with van der Waals surface area (Å²) in [5, 5.41) is 2.94. The number of rotatable bonds is 5. The lowest BCUT2D eigenvalue weighted by molar-refractivity contribution is -0.122. The molecular formula is C22H28N2O3S. The number of aryl methyl sites for hydroxylation is 2. The van der Waals surface area contributed by atoms with Gasteiger partial charge in [-0.15, -0.1) is 0 Å². The summed E-state index contributed by atoms with van der Waals surface area (Å²) in [4.78, 5) is 12.3. The molecule has 0 aromatic heterocycles. The number of sulfonamides is 1. The van der Waals surface area contributed by atoms with Crippen molar-refractivity contribution in [3.8, 4) is 0 Å². The normalized spacial score (nSPS) is 14.5. The standard InChI is InChI=1S/C22H28N2O3S/c1-22(2,3)23-21(25)15-12-17-10-13-19(14-11-17)28(26,27)24-16-6-8-18-7-4-5-9-20(18)24/h4-5,7,9-11,13-14H,6,8,12,15-16H2,1-3H3,(H,23,25). The van der Waals surface area contributed by atoms with E-state index in [9.17, 15) is 13.2 Å². The highest BCUT2D eigenvalue weighted by Gasteiger charge is 2.28. The Morgan fingerprint density at radius 2 is 1.75 bits per heavy atom. The molecule has 0 aliphatic carbocycles. The molecular weight excluding hydrogens is 372 g/mol. The fraction of sp³-hybridized carbons (Fsp3) is 0.409. The zero-order chi connectivity index (χ0) is 20.4. The fourth-order valence-electron chi connectivity index (χ4n) is 3.44. The van der Waals surface area contributed by atoms with Crippen LogP contribution in [0.15, 0.2) is 53.4 Å². The number of anilines is 1. The highest BCUT2D eigenvalue weighted by atomic mass is 32.2. The molecule has 0 bridgehead atoms. The first kappa shape index (κ1) is 20.4. The number of para-hydroxylation sites is 1. The van der Waals surface area contributed by atoms with E-state index >= 15 is 0 Å². The third kappa shape index (κ3) is 4.73. The van der Waals surface area contributed by atoms with Gasteiger partial charge in [-0.2, -0.15) is 0 Å². The van der Waals surface area contributed by atoms with Crippen molar-refractivity contribution in [2.24, 2.45) is 0 Å². The van der Waals surface area contributed by atoms with Crippen molar-refractivity contribution < 1.29 is 13.2 Å². The number of benzene rings is 2. The molecule has 28 heavy (non-hydrogen) atoms. The van der Waals surface area contributed by atoms with Crippen molar-refractivity contribution in [3.63, 3.8) is 0 Å². The predicted octanol–water partition coefficient (Wildman–Crippen LogP) is 3.68. The summed E-state index contributed by atoms with van der Waals surface area (Å²) >= 11 is 0. The van der Waals surface area contributed by atoms with Gasteiger partial charge in [0.25, 0.3) is 10.0 Å². The highest BCUT2D eigenvalue weighted by Crippen LogP contribution is 2.31. The van der Waals surface area contributed by atoms with E-state index in [2.05, 4.69) is 5.32 Å². The van der Waals surface area contributed by atoms with E-state index in [1.807, 2.05) is 45.0 Å². The molecule has 0 radical (unpaired) electrons. The number of hydrogen-bond acceptors (Lipinski definition) is 3. The van der Waals surface area contributed by atoms with Gasteiger partial charge < -0.3 is 5.32 Å². The Hall–Kier alpha value is -2.34. The van der Waals surface area contributed by atoms with E-state index in [4.69, 9.17) is 0 Å². The average Bonchev–Trinajstić information content (AvgIpc) is 2.65. The summed E-state index contributed by atoms with van der Waals surface area (Å²) in [6.07, 6.45) is 2.67. The van der Waals surface area contributed by atoms with Gasteiger partial charge in [-0.25, -0.2) is 8.42 Å². The third-order valence-corrected chi connectivity index (χ3v) is 6.56. The van der Waals surface area contributed by atoms with E-state index in [0.717, 1.165) is 29.7 Å². The maximum Gasteiger partial charge on any atom is 0.264 e. The molecule has 1 N–H and O–H groups in total. The number of hydrogen-bond donors (Lipinski definition) is 1. The number of carbonyl (C=O) groups is 1. The zero-order valence-electron chi connectivity index (χ0n) is 16.7. The van der Waals surface area contributed by atoms with Gasteiger partial charge in [-0.05, 0) is 69.4 Å². The molecule has 0 saturated carbocycles. The topological polar surface area (TPSA) is 66.5 Å². The van der Waals surface area contributed by atoms with Gasteiger partial charge in [0.05, 0.1) is 10.6 Å². The lowest BCUT2D eigenvalue weighted by Gasteiger charge is -2.30. The first-order valence-electron chi connectivity index (χ1n) is 9.67. The van der Waals surface area contributed by atoms with Crippen LogP contribution in [0.3, 0.4) is 0 Å². The van der Waals surface area contributed by atoms with Crippen molar-refractivity contribution in [2.45, 2.75) is 56.9 Å². The summed E-state index contributed by atoms with van der Waals surface area (Å²) in [7, 11) is -3.59. The smallest absolute Gasteiger partial charge is 0.264 e. The number of nitrogens with zero attached hydrogens (tertiary/aromatic N) is 1. The number of nitrogens with one attached hydrogen (secondary N) is 1. The largest absolute Gasteiger partial charge is 0.351 e. The predicted molar refractivity (Wildman–Crippen MR) is 112 cm³/mol. The number of fused-ring (bicyclic) bond motifs is 1. The van der Waals surface area contributed by atoms with Crippen LogP contribution in [0.2, 0.25) is 0 Å². The Balaban J connectivity index is 1.72. The quantitative estimate of drug-likeness (QED) is 0.833. The van der Waals surface area contributed by atoms with E-state index in [-0.39, 0.29) is 16.3 Å². The molecule has 0 saturated heterocycles. The second kappa shape index (κ2) is 7.95. The van der Waals surface area contributed by atoms with Crippen LogP contribution in [0, 0.1) is 0 Å². The zero-order valence-corrected chi connectivity index (χ0v) is 17.6. The molecule has 0 spiro atoms. The fourth-order valence-corrected chi connectivity index (χ4v) is 4.98. The monoisotopic (exact) mass is 400 g/mol. The van der Waals surface area contributed by atoms with Crippen LogP contribution in [0.25, 0.3) is 0 Å².